The molecule has 3 aliphatic rings. The van der Waals surface area contributed by atoms with Gasteiger partial charge in [0.2, 0.25) is 11.8 Å². The van der Waals surface area contributed by atoms with E-state index in [1.165, 1.54) is 31.3 Å². The molecule has 0 radical (unpaired) electrons. The topological polar surface area (TPSA) is 67.2 Å². The van der Waals surface area contributed by atoms with E-state index in [0.717, 1.165) is 19.4 Å². The van der Waals surface area contributed by atoms with Crippen molar-refractivity contribution in [2.75, 3.05) is 19.6 Å². The number of hydrogen-bond acceptors (Lipinski definition) is 3. The molecule has 0 unspecified atom stereocenters. The van der Waals surface area contributed by atoms with Crippen molar-refractivity contribution in [1.82, 2.24) is 20.0 Å². The van der Waals surface area contributed by atoms with E-state index in [2.05, 4.69) is 16.5 Å². The van der Waals surface area contributed by atoms with E-state index in [9.17, 15) is 9.59 Å². The maximum Gasteiger partial charge on any atom is 0.248 e. The number of piperidine rings is 1. The Hall–Kier alpha value is -2.11. The fourth-order valence-corrected chi connectivity index (χ4v) is 4.30. The molecule has 0 spiro atoms. The number of rotatable bonds is 6. The molecular weight excluding hydrogens is 340 g/mol. The van der Waals surface area contributed by atoms with Crippen molar-refractivity contribution >= 4 is 11.8 Å². The molecular formula is C21H30N4O2. The maximum atomic E-state index is 13.1. The lowest BCUT2D eigenvalue weighted by Gasteiger charge is -2.41. The first-order valence-electron chi connectivity index (χ1n) is 10.4. The Morgan fingerprint density at radius 2 is 2.04 bits per heavy atom. The molecule has 1 N–H and O–H groups in total. The number of carbonyl (C=O) groups is 2. The fourth-order valence-electron chi connectivity index (χ4n) is 4.30. The molecule has 1 saturated carbocycles. The summed E-state index contributed by atoms with van der Waals surface area (Å²) in [6, 6.07) is 1.86. The van der Waals surface area contributed by atoms with Gasteiger partial charge < -0.3 is 10.2 Å². The van der Waals surface area contributed by atoms with E-state index in [-0.39, 0.29) is 11.8 Å². The first-order chi connectivity index (χ1) is 13.2. The van der Waals surface area contributed by atoms with Gasteiger partial charge in [-0.25, -0.2) is 0 Å². The summed E-state index contributed by atoms with van der Waals surface area (Å²) in [4.78, 5) is 27.7. The monoisotopic (exact) mass is 370 g/mol. The lowest BCUT2D eigenvalue weighted by atomic mass is 9.86. The van der Waals surface area contributed by atoms with E-state index in [0.29, 0.717) is 38.3 Å². The van der Waals surface area contributed by atoms with Crippen LogP contribution < -0.4 is 5.32 Å². The largest absolute Gasteiger partial charge is 0.354 e. The molecule has 6 nitrogen and oxygen atoms in total. The second kappa shape index (κ2) is 7.87. The van der Waals surface area contributed by atoms with Crippen LogP contribution >= 0.6 is 0 Å². The summed E-state index contributed by atoms with van der Waals surface area (Å²) in [7, 11) is 0. The number of nitrogens with zero attached hydrogens (tertiary/aromatic N) is 3. The highest BCUT2D eigenvalue weighted by molar-refractivity contribution is 5.85. The van der Waals surface area contributed by atoms with Gasteiger partial charge in [0.15, 0.2) is 0 Å². The van der Waals surface area contributed by atoms with E-state index < -0.39 is 5.54 Å². The van der Waals surface area contributed by atoms with Gasteiger partial charge in [-0.1, -0.05) is 11.6 Å². The van der Waals surface area contributed by atoms with E-state index >= 15 is 0 Å². The SMILES string of the molecule is O=C(CC1=CCCCC1)N1CCC(C(=O)NCC2CC2)(n2cccn2)CC1. The lowest BCUT2D eigenvalue weighted by molar-refractivity contribution is -0.139. The minimum absolute atomic E-state index is 0.0557. The van der Waals surface area contributed by atoms with Crippen molar-refractivity contribution in [1.29, 1.82) is 0 Å². The molecule has 2 aliphatic carbocycles. The molecule has 1 saturated heterocycles. The summed E-state index contributed by atoms with van der Waals surface area (Å²) in [5, 5.41) is 7.52. The Morgan fingerprint density at radius 1 is 1.22 bits per heavy atom. The Bertz CT molecular complexity index is 698. The van der Waals surface area contributed by atoms with Gasteiger partial charge in [-0.2, -0.15) is 5.10 Å². The van der Waals surface area contributed by atoms with Crippen LogP contribution in [0, 0.1) is 5.92 Å². The third-order valence-corrected chi connectivity index (χ3v) is 6.32. The lowest BCUT2D eigenvalue weighted by Crippen LogP contribution is -2.56. The van der Waals surface area contributed by atoms with E-state index in [4.69, 9.17) is 0 Å². The van der Waals surface area contributed by atoms with Crippen molar-refractivity contribution in [3.05, 3.63) is 30.1 Å². The Labute approximate surface area is 161 Å². The zero-order valence-corrected chi connectivity index (χ0v) is 16.0. The highest BCUT2D eigenvalue weighted by atomic mass is 16.2. The second-order valence-corrected chi connectivity index (χ2v) is 8.30. The smallest absolute Gasteiger partial charge is 0.248 e. The quantitative estimate of drug-likeness (QED) is 0.783. The summed E-state index contributed by atoms with van der Waals surface area (Å²) < 4.78 is 1.81. The van der Waals surface area contributed by atoms with E-state index in [1.807, 2.05) is 17.2 Å². The van der Waals surface area contributed by atoms with Crippen molar-refractivity contribution in [2.24, 2.45) is 5.92 Å². The number of aromatic nitrogens is 2. The van der Waals surface area contributed by atoms with Gasteiger partial charge in [0.1, 0.15) is 5.54 Å². The first kappa shape index (κ1) is 18.3. The van der Waals surface area contributed by atoms with Crippen LogP contribution in [0.15, 0.2) is 30.1 Å². The molecule has 0 bridgehead atoms. The Kier molecular flexibility index (Phi) is 5.32. The summed E-state index contributed by atoms with van der Waals surface area (Å²) >= 11 is 0. The van der Waals surface area contributed by atoms with Gasteiger partial charge in [0.05, 0.1) is 0 Å². The Balaban J connectivity index is 1.40. The molecule has 1 aromatic heterocycles. The molecule has 0 atom stereocenters. The zero-order valence-electron chi connectivity index (χ0n) is 16.0. The summed E-state index contributed by atoms with van der Waals surface area (Å²) in [6.45, 7) is 1.99. The molecule has 4 rings (SSSR count). The molecule has 1 aliphatic heterocycles. The standard InChI is InChI=1S/C21H30N4O2/c26-19(15-17-5-2-1-3-6-17)24-13-9-21(10-14-24,25-12-4-11-23-25)20(27)22-16-18-7-8-18/h4-5,11-12,18H,1-3,6-10,13-16H2,(H,22,27). The molecule has 2 amide bonds. The van der Waals surface area contributed by atoms with Gasteiger partial charge in [-0.05, 0) is 63.4 Å². The number of hydrogen-bond donors (Lipinski definition) is 1. The van der Waals surface area contributed by atoms with Crippen LogP contribution in [-0.4, -0.2) is 46.1 Å². The summed E-state index contributed by atoms with van der Waals surface area (Å²) in [5.41, 5.74) is 0.622. The summed E-state index contributed by atoms with van der Waals surface area (Å²) in [5.74, 6) is 0.907. The molecule has 27 heavy (non-hydrogen) atoms. The minimum atomic E-state index is -0.667. The number of likely N-dealkylation sites (tertiary alicyclic amines) is 1. The second-order valence-electron chi connectivity index (χ2n) is 8.30. The first-order valence-corrected chi connectivity index (χ1v) is 10.4. The number of allylic oxidation sites excluding steroid dienone is 1. The van der Waals surface area contributed by atoms with Crippen molar-refractivity contribution in [2.45, 2.75) is 63.3 Å². The highest BCUT2D eigenvalue weighted by Crippen LogP contribution is 2.32. The average molecular weight is 370 g/mol. The average Bonchev–Trinajstić information content (AvgIpc) is 3.37. The van der Waals surface area contributed by atoms with Gasteiger partial charge in [0, 0.05) is 38.4 Å². The van der Waals surface area contributed by atoms with Crippen LogP contribution in [-0.2, 0) is 15.1 Å². The van der Waals surface area contributed by atoms with Crippen LogP contribution in [0.25, 0.3) is 0 Å². The van der Waals surface area contributed by atoms with Gasteiger partial charge in [0.25, 0.3) is 0 Å². The van der Waals surface area contributed by atoms with Crippen LogP contribution in [0.5, 0.6) is 0 Å². The molecule has 6 heteroatoms. The number of nitrogens with one attached hydrogen (secondary N) is 1. The van der Waals surface area contributed by atoms with Crippen LogP contribution in [0.2, 0.25) is 0 Å². The fraction of sp³-hybridized carbons (Fsp3) is 0.667. The molecule has 1 aromatic rings. The normalized spacial score (nSPS) is 22.2. The third kappa shape index (κ3) is 4.09. The van der Waals surface area contributed by atoms with Crippen molar-refractivity contribution in [3.63, 3.8) is 0 Å². The van der Waals surface area contributed by atoms with Crippen LogP contribution in [0.1, 0.15) is 57.8 Å². The van der Waals surface area contributed by atoms with Gasteiger partial charge in [-0.15, -0.1) is 0 Å². The zero-order chi connectivity index (χ0) is 18.7. The van der Waals surface area contributed by atoms with E-state index in [1.54, 1.807) is 10.9 Å². The van der Waals surface area contributed by atoms with Gasteiger partial charge in [-0.3, -0.25) is 14.3 Å². The van der Waals surface area contributed by atoms with Crippen LogP contribution in [0.3, 0.4) is 0 Å². The summed E-state index contributed by atoms with van der Waals surface area (Å²) in [6.07, 6.45) is 14.7. The van der Waals surface area contributed by atoms with Crippen molar-refractivity contribution < 1.29 is 9.59 Å². The van der Waals surface area contributed by atoms with Gasteiger partial charge >= 0.3 is 0 Å². The number of carbonyl (C=O) groups excluding carboxylic acids is 2. The molecule has 146 valence electrons. The highest BCUT2D eigenvalue weighted by Gasteiger charge is 2.44. The molecule has 2 fully saturated rings. The third-order valence-electron chi connectivity index (χ3n) is 6.32. The van der Waals surface area contributed by atoms with Crippen LogP contribution in [0.4, 0.5) is 0 Å². The predicted molar refractivity (Wildman–Crippen MR) is 103 cm³/mol. The van der Waals surface area contributed by atoms with Crippen molar-refractivity contribution in [3.8, 4) is 0 Å². The minimum Gasteiger partial charge on any atom is -0.354 e. The predicted octanol–water partition coefficient (Wildman–Crippen LogP) is 2.62. The maximum absolute atomic E-state index is 13.1. The molecule has 0 aromatic carbocycles. The molecule has 2 heterocycles. The Morgan fingerprint density at radius 3 is 2.67 bits per heavy atom. The number of amides is 2.